The molecule has 0 unspecified atom stereocenters. The van der Waals surface area contributed by atoms with Gasteiger partial charge in [0.05, 0.1) is 25.7 Å². The van der Waals surface area contributed by atoms with Crippen LogP contribution in [-0.2, 0) is 0 Å². The van der Waals surface area contributed by atoms with Crippen molar-refractivity contribution in [2.24, 2.45) is 0 Å². The van der Waals surface area contributed by atoms with Gasteiger partial charge in [-0.15, -0.1) is 0 Å². The van der Waals surface area contributed by atoms with Crippen molar-refractivity contribution < 1.29 is 8.78 Å². The maximum Gasteiger partial charge on any atom is 0.205 e. The monoisotopic (exact) mass is 415 g/mol. The summed E-state index contributed by atoms with van der Waals surface area (Å²) in [7, 11) is 0. The lowest BCUT2D eigenvalue weighted by molar-refractivity contribution is 0.619. The van der Waals surface area contributed by atoms with Gasteiger partial charge < -0.3 is 5.73 Å². The summed E-state index contributed by atoms with van der Waals surface area (Å²) >= 11 is 6.31. The molecule has 0 aliphatic rings. The van der Waals surface area contributed by atoms with E-state index in [4.69, 9.17) is 5.73 Å². The molecule has 2 aromatic carbocycles. The normalized spacial score (nSPS) is 11.3. The third kappa shape index (κ3) is 2.34. The standard InChI is InChI=1S/C14H9Br2F2N3/c1-6-2-9(17)7(15)3-12(6)21-13-4-8(16)10(18)5-11(13)20-14(21)19/h2-5H,1H3,(H2,19,20). The number of nitrogens with zero attached hydrogens (tertiary/aromatic N) is 2. The van der Waals surface area contributed by atoms with Gasteiger partial charge in [-0.2, -0.15) is 0 Å². The number of aromatic nitrogens is 2. The predicted octanol–water partition coefficient (Wildman–Crippen LogP) is 4.72. The number of fused-ring (bicyclic) bond motifs is 1. The van der Waals surface area contributed by atoms with Crippen LogP contribution in [0.15, 0.2) is 33.2 Å². The molecular weight excluding hydrogens is 408 g/mol. The van der Waals surface area contributed by atoms with Crippen molar-refractivity contribution in [1.82, 2.24) is 9.55 Å². The Morgan fingerprint density at radius 2 is 1.67 bits per heavy atom. The van der Waals surface area contributed by atoms with E-state index in [2.05, 4.69) is 36.8 Å². The Morgan fingerprint density at radius 1 is 1.05 bits per heavy atom. The van der Waals surface area contributed by atoms with Crippen LogP contribution in [0.2, 0.25) is 0 Å². The van der Waals surface area contributed by atoms with Gasteiger partial charge in [0.1, 0.15) is 11.6 Å². The Bertz CT molecular complexity index is 875. The van der Waals surface area contributed by atoms with E-state index in [1.807, 2.05) is 0 Å². The highest BCUT2D eigenvalue weighted by molar-refractivity contribution is 9.10. The highest BCUT2D eigenvalue weighted by atomic mass is 79.9. The van der Waals surface area contributed by atoms with E-state index >= 15 is 0 Å². The van der Waals surface area contributed by atoms with Crippen LogP contribution in [0.4, 0.5) is 14.7 Å². The lowest BCUT2D eigenvalue weighted by atomic mass is 10.2. The summed E-state index contributed by atoms with van der Waals surface area (Å²) < 4.78 is 29.5. The first-order valence-electron chi connectivity index (χ1n) is 5.97. The minimum Gasteiger partial charge on any atom is -0.369 e. The Kier molecular flexibility index (Phi) is 3.49. The molecule has 1 heterocycles. The van der Waals surface area contributed by atoms with Crippen molar-refractivity contribution in [3.63, 3.8) is 0 Å². The minimum atomic E-state index is -0.413. The van der Waals surface area contributed by atoms with Gasteiger partial charge in [-0.05, 0) is 62.5 Å². The molecule has 0 saturated heterocycles. The zero-order valence-corrected chi connectivity index (χ0v) is 14.0. The number of hydrogen-bond acceptors (Lipinski definition) is 2. The maximum absolute atomic E-state index is 13.6. The molecule has 7 heteroatoms. The Labute approximate surface area is 136 Å². The number of benzene rings is 2. The Morgan fingerprint density at radius 3 is 2.38 bits per heavy atom. The van der Waals surface area contributed by atoms with Gasteiger partial charge in [0.2, 0.25) is 5.95 Å². The fraction of sp³-hybridized carbons (Fsp3) is 0.0714. The number of rotatable bonds is 1. The molecule has 0 atom stereocenters. The van der Waals surface area contributed by atoms with E-state index in [-0.39, 0.29) is 11.8 Å². The summed E-state index contributed by atoms with van der Waals surface area (Å²) in [6.07, 6.45) is 0. The number of halogens is 4. The molecule has 0 bridgehead atoms. The summed E-state index contributed by atoms with van der Waals surface area (Å²) in [6.45, 7) is 1.77. The van der Waals surface area contributed by atoms with Crippen LogP contribution in [-0.4, -0.2) is 9.55 Å². The molecule has 21 heavy (non-hydrogen) atoms. The highest BCUT2D eigenvalue weighted by Gasteiger charge is 2.16. The molecule has 0 fully saturated rings. The summed E-state index contributed by atoms with van der Waals surface area (Å²) in [5.74, 6) is -0.556. The van der Waals surface area contributed by atoms with Crippen LogP contribution < -0.4 is 5.73 Å². The smallest absolute Gasteiger partial charge is 0.205 e. The third-order valence-electron chi connectivity index (χ3n) is 3.20. The number of imidazole rings is 1. The van der Waals surface area contributed by atoms with Gasteiger partial charge >= 0.3 is 0 Å². The zero-order valence-electron chi connectivity index (χ0n) is 10.8. The predicted molar refractivity (Wildman–Crippen MR) is 85.5 cm³/mol. The van der Waals surface area contributed by atoms with E-state index in [0.717, 1.165) is 0 Å². The van der Waals surface area contributed by atoms with Crippen LogP contribution in [0.1, 0.15) is 5.56 Å². The van der Waals surface area contributed by atoms with Crippen molar-refractivity contribution >= 4 is 48.8 Å². The lowest BCUT2D eigenvalue weighted by Crippen LogP contribution is -2.03. The Hall–Kier alpha value is -1.47. The van der Waals surface area contributed by atoms with Crippen LogP contribution in [0.5, 0.6) is 0 Å². The van der Waals surface area contributed by atoms with Gasteiger partial charge in [-0.3, -0.25) is 4.57 Å². The first-order chi connectivity index (χ1) is 9.88. The molecule has 0 radical (unpaired) electrons. The van der Waals surface area contributed by atoms with Crippen molar-refractivity contribution in [2.75, 3.05) is 5.73 Å². The van der Waals surface area contributed by atoms with Crippen molar-refractivity contribution in [2.45, 2.75) is 6.92 Å². The number of anilines is 1. The summed E-state index contributed by atoms with van der Waals surface area (Å²) in [5, 5.41) is 0. The second-order valence-corrected chi connectivity index (χ2v) is 6.32. The molecule has 0 amide bonds. The molecule has 3 nitrogen and oxygen atoms in total. The summed E-state index contributed by atoms with van der Waals surface area (Å²) in [5.41, 5.74) is 8.41. The highest BCUT2D eigenvalue weighted by Crippen LogP contribution is 2.31. The number of hydrogen-bond donors (Lipinski definition) is 1. The lowest BCUT2D eigenvalue weighted by Gasteiger charge is -2.11. The van der Waals surface area contributed by atoms with Crippen LogP contribution in [0.25, 0.3) is 16.7 Å². The fourth-order valence-corrected chi connectivity index (χ4v) is 2.88. The van der Waals surface area contributed by atoms with Crippen LogP contribution >= 0.6 is 31.9 Å². The van der Waals surface area contributed by atoms with Gasteiger partial charge in [-0.25, -0.2) is 13.8 Å². The topological polar surface area (TPSA) is 43.8 Å². The van der Waals surface area contributed by atoms with E-state index in [1.54, 1.807) is 23.6 Å². The first-order valence-corrected chi connectivity index (χ1v) is 7.56. The van der Waals surface area contributed by atoms with Crippen molar-refractivity contribution in [3.8, 4) is 5.69 Å². The second-order valence-electron chi connectivity index (χ2n) is 4.61. The average Bonchev–Trinajstić information content (AvgIpc) is 2.70. The van der Waals surface area contributed by atoms with Crippen LogP contribution in [0, 0.1) is 18.6 Å². The molecule has 108 valence electrons. The van der Waals surface area contributed by atoms with E-state index in [0.29, 0.717) is 31.2 Å². The zero-order chi connectivity index (χ0) is 15.3. The van der Waals surface area contributed by atoms with Gasteiger partial charge in [0.15, 0.2) is 0 Å². The molecule has 0 spiro atoms. The van der Waals surface area contributed by atoms with Gasteiger partial charge in [0.25, 0.3) is 0 Å². The quantitative estimate of drug-likeness (QED) is 0.623. The second kappa shape index (κ2) is 5.06. The molecular formula is C14H9Br2F2N3. The van der Waals surface area contributed by atoms with Gasteiger partial charge in [-0.1, -0.05) is 0 Å². The summed E-state index contributed by atoms with van der Waals surface area (Å²) in [4.78, 5) is 4.16. The molecule has 0 aliphatic carbocycles. The Balaban J connectivity index is 2.37. The SMILES string of the molecule is Cc1cc(F)c(Br)cc1-n1c(N)nc2cc(F)c(Br)cc21. The van der Waals surface area contributed by atoms with E-state index in [9.17, 15) is 8.78 Å². The van der Waals surface area contributed by atoms with Crippen molar-refractivity contribution in [3.05, 3.63) is 50.4 Å². The number of aryl methyl sites for hydroxylation is 1. The molecule has 1 aromatic heterocycles. The fourth-order valence-electron chi connectivity index (χ4n) is 2.22. The minimum absolute atomic E-state index is 0.212. The molecule has 3 aromatic rings. The average molecular weight is 417 g/mol. The maximum atomic E-state index is 13.6. The largest absolute Gasteiger partial charge is 0.369 e. The van der Waals surface area contributed by atoms with E-state index < -0.39 is 5.82 Å². The van der Waals surface area contributed by atoms with E-state index in [1.165, 1.54) is 12.1 Å². The molecule has 0 saturated carbocycles. The van der Waals surface area contributed by atoms with Crippen LogP contribution in [0.3, 0.4) is 0 Å². The molecule has 0 aliphatic heterocycles. The summed E-state index contributed by atoms with van der Waals surface area (Å²) in [6, 6.07) is 5.94. The first kappa shape index (κ1) is 14.5. The third-order valence-corrected chi connectivity index (χ3v) is 4.42. The number of nitrogens with two attached hydrogens (primary N) is 1. The molecule has 2 N–H and O–H groups in total. The van der Waals surface area contributed by atoms with Gasteiger partial charge in [0, 0.05) is 6.07 Å². The van der Waals surface area contributed by atoms with Crippen molar-refractivity contribution in [1.29, 1.82) is 0 Å². The number of nitrogen functional groups attached to an aromatic ring is 1. The molecule has 3 rings (SSSR count).